The zero-order valence-electron chi connectivity index (χ0n) is 22.0. The number of fused-ring (bicyclic) bond motifs is 1. The van der Waals surface area contributed by atoms with E-state index in [2.05, 4.69) is 6.07 Å². The molecule has 0 radical (unpaired) electrons. The molecule has 1 amide bonds. The van der Waals surface area contributed by atoms with Gasteiger partial charge in [-0.1, -0.05) is 13.8 Å². The lowest BCUT2D eigenvalue weighted by molar-refractivity contribution is -0.0383. The van der Waals surface area contributed by atoms with Gasteiger partial charge in [0.05, 0.1) is 17.0 Å². The lowest BCUT2D eigenvalue weighted by atomic mass is 9.70. The summed E-state index contributed by atoms with van der Waals surface area (Å²) in [5.74, 6) is -3.03. The molecule has 8 heteroatoms. The van der Waals surface area contributed by atoms with Crippen molar-refractivity contribution in [2.75, 3.05) is 13.1 Å². The molecule has 1 aliphatic heterocycles. The molecule has 2 heterocycles. The van der Waals surface area contributed by atoms with Crippen molar-refractivity contribution in [1.82, 2.24) is 9.88 Å². The lowest BCUT2D eigenvalue weighted by Crippen LogP contribution is -2.41. The first-order valence-corrected chi connectivity index (χ1v) is 13.1. The number of alkyl halides is 2. The number of piperidine rings is 1. The number of pyridine rings is 1. The van der Waals surface area contributed by atoms with E-state index in [1.165, 1.54) is 0 Å². The normalized spacial score (nSPS) is 22.6. The molecule has 1 saturated heterocycles. The second-order valence-corrected chi connectivity index (χ2v) is 12.5. The molecule has 2 aliphatic carbocycles. The summed E-state index contributed by atoms with van der Waals surface area (Å²) >= 11 is 0. The monoisotopic (exact) mass is 501 g/mol. The molecule has 3 aliphatic rings. The van der Waals surface area contributed by atoms with Crippen LogP contribution in [0.4, 0.5) is 13.6 Å². The summed E-state index contributed by atoms with van der Waals surface area (Å²) < 4.78 is 33.5. The Morgan fingerprint density at radius 1 is 1.08 bits per heavy atom. The minimum atomic E-state index is -2.69. The molecule has 0 aromatic carbocycles. The van der Waals surface area contributed by atoms with Gasteiger partial charge in [-0.2, -0.15) is 5.26 Å². The molecule has 4 rings (SSSR count). The molecule has 6 nitrogen and oxygen atoms in total. The number of rotatable bonds is 2. The first-order chi connectivity index (χ1) is 16.7. The van der Waals surface area contributed by atoms with Gasteiger partial charge in [0.25, 0.3) is 0 Å². The number of carbonyl (C=O) groups excluding carboxylic acids is 2. The second-order valence-electron chi connectivity index (χ2n) is 12.5. The van der Waals surface area contributed by atoms with Crippen molar-refractivity contribution in [2.45, 2.75) is 109 Å². The maximum absolute atomic E-state index is 14.0. The van der Waals surface area contributed by atoms with Crippen LogP contribution in [-0.4, -0.2) is 46.4 Å². The maximum Gasteiger partial charge on any atom is 0.410 e. The topological polar surface area (TPSA) is 83.3 Å². The Morgan fingerprint density at radius 2 is 1.69 bits per heavy atom. The number of nitriles is 1. The second kappa shape index (κ2) is 9.39. The summed E-state index contributed by atoms with van der Waals surface area (Å²) in [6.45, 7) is 10.5. The van der Waals surface area contributed by atoms with Gasteiger partial charge in [0.15, 0.2) is 5.78 Å². The van der Waals surface area contributed by atoms with Crippen molar-refractivity contribution in [3.05, 3.63) is 28.1 Å². The van der Waals surface area contributed by atoms with E-state index in [4.69, 9.17) is 9.72 Å². The number of likely N-dealkylation sites (tertiary alicyclic amines) is 1. The molecule has 1 aromatic rings. The smallest absolute Gasteiger partial charge is 0.410 e. The Morgan fingerprint density at radius 3 is 2.25 bits per heavy atom. The minimum absolute atomic E-state index is 0.0381. The summed E-state index contributed by atoms with van der Waals surface area (Å²) in [5, 5.41) is 10.3. The average molecular weight is 502 g/mol. The van der Waals surface area contributed by atoms with Crippen LogP contribution in [0.5, 0.6) is 0 Å². The van der Waals surface area contributed by atoms with Crippen LogP contribution in [-0.2, 0) is 11.2 Å². The minimum Gasteiger partial charge on any atom is -0.444 e. The fraction of sp³-hybridized carbons (Fsp3) is 0.714. The zero-order chi connectivity index (χ0) is 26.5. The molecular formula is C28H37F2N3O3. The van der Waals surface area contributed by atoms with Crippen LogP contribution in [0.25, 0.3) is 0 Å². The molecule has 36 heavy (non-hydrogen) atoms. The number of aromatic nitrogens is 1. The Kier molecular flexibility index (Phi) is 6.91. The maximum atomic E-state index is 14.0. The third kappa shape index (κ3) is 5.55. The van der Waals surface area contributed by atoms with Crippen molar-refractivity contribution in [3.8, 4) is 6.07 Å². The fourth-order valence-electron chi connectivity index (χ4n) is 5.97. The molecule has 1 aromatic heterocycles. The Balaban J connectivity index is 1.70. The molecule has 0 spiro atoms. The SMILES string of the molecule is CC1(C)CC(=O)c2c(nc(C3CCN(C(=O)OC(C)(C)C)CC3)c(C#N)c2C2CCC(F)(F)CC2)C1. The van der Waals surface area contributed by atoms with Crippen LogP contribution in [0.1, 0.15) is 124 Å². The Hall–Kier alpha value is -2.56. The van der Waals surface area contributed by atoms with Gasteiger partial charge in [-0.05, 0) is 69.8 Å². The van der Waals surface area contributed by atoms with E-state index in [-0.39, 0.29) is 54.8 Å². The van der Waals surface area contributed by atoms with Crippen LogP contribution >= 0.6 is 0 Å². The van der Waals surface area contributed by atoms with Gasteiger partial charge < -0.3 is 9.64 Å². The van der Waals surface area contributed by atoms with Crippen LogP contribution in [0, 0.1) is 16.7 Å². The van der Waals surface area contributed by atoms with Crippen LogP contribution in [0.3, 0.4) is 0 Å². The van der Waals surface area contributed by atoms with E-state index >= 15 is 0 Å². The zero-order valence-corrected chi connectivity index (χ0v) is 22.0. The van der Waals surface area contributed by atoms with Crippen LogP contribution < -0.4 is 0 Å². The summed E-state index contributed by atoms with van der Waals surface area (Å²) in [5.41, 5.74) is 2.10. The molecule has 0 bridgehead atoms. The quantitative estimate of drug-likeness (QED) is 0.461. The third-order valence-corrected chi connectivity index (χ3v) is 7.67. The number of nitrogens with zero attached hydrogens (tertiary/aromatic N) is 3. The van der Waals surface area contributed by atoms with E-state index in [1.54, 1.807) is 4.90 Å². The van der Waals surface area contributed by atoms with Crippen LogP contribution in [0.15, 0.2) is 0 Å². The standard InChI is InChI=1S/C28H37F2N3O3/c1-26(2,3)36-25(35)33-12-8-18(9-13-33)24-19(16-31)22(17-6-10-28(29,30)11-7-17)23-20(32-24)14-27(4,5)15-21(23)34/h17-18H,6-15H2,1-5H3. The van der Waals surface area contributed by atoms with Gasteiger partial charge in [-0.15, -0.1) is 0 Å². The summed E-state index contributed by atoms with van der Waals surface area (Å²) in [6.07, 6.45) is 1.91. The largest absolute Gasteiger partial charge is 0.444 e. The summed E-state index contributed by atoms with van der Waals surface area (Å²) in [6, 6.07) is 2.33. The number of Topliss-reactive ketones (excluding diaryl/α,β-unsaturated/α-hetero) is 1. The Labute approximate surface area is 212 Å². The van der Waals surface area contributed by atoms with Gasteiger partial charge in [-0.25, -0.2) is 13.6 Å². The van der Waals surface area contributed by atoms with Gasteiger partial charge >= 0.3 is 6.09 Å². The number of halogens is 2. The third-order valence-electron chi connectivity index (χ3n) is 7.67. The summed E-state index contributed by atoms with van der Waals surface area (Å²) in [7, 11) is 0. The van der Waals surface area contributed by atoms with E-state index < -0.39 is 11.5 Å². The van der Waals surface area contributed by atoms with Crippen molar-refractivity contribution in [1.29, 1.82) is 5.26 Å². The van der Waals surface area contributed by atoms with Crippen molar-refractivity contribution in [3.63, 3.8) is 0 Å². The first-order valence-electron chi connectivity index (χ1n) is 13.1. The van der Waals surface area contributed by atoms with E-state index in [1.807, 2.05) is 34.6 Å². The number of ketones is 1. The lowest BCUT2D eigenvalue weighted by Gasteiger charge is -2.37. The van der Waals surface area contributed by atoms with Crippen molar-refractivity contribution in [2.24, 2.45) is 5.41 Å². The average Bonchev–Trinajstić information content (AvgIpc) is 2.76. The number of amides is 1. The van der Waals surface area contributed by atoms with Gasteiger partial charge in [0.1, 0.15) is 11.7 Å². The van der Waals surface area contributed by atoms with E-state index in [0.29, 0.717) is 66.9 Å². The first kappa shape index (κ1) is 26.5. The number of carbonyl (C=O) groups is 2. The molecule has 0 N–H and O–H groups in total. The molecule has 1 saturated carbocycles. The van der Waals surface area contributed by atoms with Crippen LogP contribution in [0.2, 0.25) is 0 Å². The fourth-order valence-corrected chi connectivity index (χ4v) is 5.97. The van der Waals surface area contributed by atoms with E-state index in [9.17, 15) is 23.6 Å². The van der Waals surface area contributed by atoms with Gasteiger partial charge in [0.2, 0.25) is 5.92 Å². The Bertz CT molecular complexity index is 1080. The molecular weight excluding hydrogens is 464 g/mol. The highest BCUT2D eigenvalue weighted by Crippen LogP contribution is 2.47. The number of hydrogen-bond acceptors (Lipinski definition) is 5. The highest BCUT2D eigenvalue weighted by molar-refractivity contribution is 6.00. The van der Waals surface area contributed by atoms with Gasteiger partial charge in [-0.3, -0.25) is 9.78 Å². The highest BCUT2D eigenvalue weighted by atomic mass is 19.3. The number of ether oxygens (including phenoxy) is 1. The van der Waals surface area contributed by atoms with Crippen molar-refractivity contribution >= 4 is 11.9 Å². The summed E-state index contributed by atoms with van der Waals surface area (Å²) in [4.78, 5) is 32.5. The highest BCUT2D eigenvalue weighted by Gasteiger charge is 2.42. The van der Waals surface area contributed by atoms with E-state index in [0.717, 1.165) is 0 Å². The number of hydrogen-bond donors (Lipinski definition) is 0. The predicted molar refractivity (Wildman–Crippen MR) is 131 cm³/mol. The molecule has 0 atom stereocenters. The van der Waals surface area contributed by atoms with Crippen molar-refractivity contribution < 1.29 is 23.1 Å². The van der Waals surface area contributed by atoms with Gasteiger partial charge in [0, 0.05) is 43.8 Å². The molecule has 2 fully saturated rings. The predicted octanol–water partition coefficient (Wildman–Crippen LogP) is 6.52. The molecule has 196 valence electrons. The molecule has 0 unspecified atom stereocenters.